The van der Waals surface area contributed by atoms with Crippen LogP contribution in [-0.2, 0) is 4.79 Å². The Morgan fingerprint density at radius 2 is 2.18 bits per heavy atom. The molecule has 90 valence electrons. The molecule has 17 heavy (non-hydrogen) atoms. The van der Waals surface area contributed by atoms with Crippen LogP contribution >= 0.6 is 0 Å². The maximum atomic E-state index is 13.3. The van der Waals surface area contributed by atoms with Crippen LogP contribution in [0.3, 0.4) is 0 Å². The third-order valence-electron chi connectivity index (χ3n) is 2.89. The molecule has 1 aromatic carbocycles. The molecule has 1 aliphatic rings. The number of hydrogen-bond acceptors (Lipinski definition) is 2. The molecule has 0 aromatic heterocycles. The molecule has 2 rings (SSSR count). The fraction of sp³-hybridized carbons (Fsp3) is 0.250. The number of nitrogen functional groups attached to an aromatic ring is 1. The fourth-order valence-corrected chi connectivity index (χ4v) is 1.92. The van der Waals surface area contributed by atoms with Crippen molar-refractivity contribution in [3.63, 3.8) is 0 Å². The van der Waals surface area contributed by atoms with Crippen LogP contribution in [0.4, 0.5) is 20.2 Å². The van der Waals surface area contributed by atoms with Gasteiger partial charge in [-0.15, -0.1) is 6.58 Å². The first kappa shape index (κ1) is 11.6. The van der Waals surface area contributed by atoms with Crippen LogP contribution in [0, 0.1) is 17.6 Å². The highest BCUT2D eigenvalue weighted by Gasteiger charge is 2.30. The van der Waals surface area contributed by atoms with E-state index in [1.807, 2.05) is 0 Å². The summed E-state index contributed by atoms with van der Waals surface area (Å²) in [5.41, 5.74) is 5.37. The number of carbonyl (C=O) groups excluding carboxylic acids is 1. The molecule has 1 heterocycles. The minimum absolute atomic E-state index is 0.0232. The molecule has 1 aromatic rings. The standard InChI is InChI=1S/C12H12F2N2O/c1-2-7-5-10(17)16(6-7)9-4-3-8(13)11(14)12(9)15/h2-4,7H,1,5-6,15H2. The van der Waals surface area contributed by atoms with E-state index in [0.29, 0.717) is 13.0 Å². The third-order valence-corrected chi connectivity index (χ3v) is 2.89. The van der Waals surface area contributed by atoms with E-state index in [2.05, 4.69) is 6.58 Å². The van der Waals surface area contributed by atoms with Gasteiger partial charge in [-0.2, -0.15) is 0 Å². The Kier molecular flexibility index (Phi) is 2.83. The second-order valence-corrected chi connectivity index (χ2v) is 4.00. The van der Waals surface area contributed by atoms with Crippen LogP contribution in [0.2, 0.25) is 0 Å². The van der Waals surface area contributed by atoms with Gasteiger partial charge in [0.1, 0.15) is 0 Å². The van der Waals surface area contributed by atoms with Gasteiger partial charge in [0.15, 0.2) is 11.6 Å². The first-order chi connectivity index (χ1) is 8.04. The summed E-state index contributed by atoms with van der Waals surface area (Å²) in [5, 5.41) is 0. The Hall–Kier alpha value is -1.91. The van der Waals surface area contributed by atoms with E-state index in [4.69, 9.17) is 5.73 Å². The summed E-state index contributed by atoms with van der Waals surface area (Å²) in [4.78, 5) is 13.1. The molecule has 1 saturated heterocycles. The lowest BCUT2D eigenvalue weighted by atomic mass is 10.1. The molecule has 3 nitrogen and oxygen atoms in total. The minimum atomic E-state index is -1.11. The lowest BCUT2D eigenvalue weighted by Crippen LogP contribution is -2.25. The number of benzene rings is 1. The van der Waals surface area contributed by atoms with Crippen molar-refractivity contribution in [2.75, 3.05) is 17.2 Å². The smallest absolute Gasteiger partial charge is 0.227 e. The van der Waals surface area contributed by atoms with Gasteiger partial charge in [0.05, 0.1) is 11.4 Å². The van der Waals surface area contributed by atoms with E-state index < -0.39 is 11.6 Å². The van der Waals surface area contributed by atoms with Gasteiger partial charge in [-0.25, -0.2) is 8.78 Å². The van der Waals surface area contributed by atoms with Crippen LogP contribution in [0.1, 0.15) is 6.42 Å². The van der Waals surface area contributed by atoms with Crippen LogP contribution in [0.25, 0.3) is 0 Å². The summed E-state index contributed by atoms with van der Waals surface area (Å²) in [6.07, 6.45) is 2.00. The molecule has 1 atom stereocenters. The van der Waals surface area contributed by atoms with Gasteiger partial charge < -0.3 is 10.6 Å². The number of carbonyl (C=O) groups is 1. The molecular formula is C12H12F2N2O. The van der Waals surface area contributed by atoms with Crippen molar-refractivity contribution in [1.29, 1.82) is 0 Å². The lowest BCUT2D eigenvalue weighted by Gasteiger charge is -2.18. The Bertz CT molecular complexity index is 488. The predicted octanol–water partition coefficient (Wildman–Crippen LogP) is 2.09. The first-order valence-corrected chi connectivity index (χ1v) is 5.21. The zero-order valence-electron chi connectivity index (χ0n) is 9.12. The van der Waals surface area contributed by atoms with E-state index in [1.54, 1.807) is 6.08 Å². The first-order valence-electron chi connectivity index (χ1n) is 5.21. The molecule has 1 aliphatic heterocycles. The van der Waals surface area contributed by atoms with Crippen molar-refractivity contribution >= 4 is 17.3 Å². The summed E-state index contributed by atoms with van der Waals surface area (Å²) in [6, 6.07) is 2.28. The highest BCUT2D eigenvalue weighted by molar-refractivity contribution is 5.98. The second kappa shape index (κ2) is 4.16. The molecule has 1 fully saturated rings. The lowest BCUT2D eigenvalue weighted by molar-refractivity contribution is -0.117. The Morgan fingerprint density at radius 3 is 2.76 bits per heavy atom. The van der Waals surface area contributed by atoms with Gasteiger partial charge in [-0.3, -0.25) is 4.79 Å². The number of nitrogens with two attached hydrogens (primary N) is 1. The van der Waals surface area contributed by atoms with Crippen molar-refractivity contribution in [3.8, 4) is 0 Å². The summed E-state index contributed by atoms with van der Waals surface area (Å²) < 4.78 is 26.2. The second-order valence-electron chi connectivity index (χ2n) is 4.00. The van der Waals surface area contributed by atoms with Crippen LogP contribution in [-0.4, -0.2) is 12.5 Å². The molecule has 0 bridgehead atoms. The molecule has 0 radical (unpaired) electrons. The predicted molar refractivity (Wildman–Crippen MR) is 61.4 cm³/mol. The number of hydrogen-bond donors (Lipinski definition) is 1. The van der Waals surface area contributed by atoms with Crippen LogP contribution in [0.5, 0.6) is 0 Å². The fourth-order valence-electron chi connectivity index (χ4n) is 1.92. The molecule has 0 saturated carbocycles. The summed E-state index contributed by atoms with van der Waals surface area (Å²) in [7, 11) is 0. The quantitative estimate of drug-likeness (QED) is 0.633. The zero-order valence-corrected chi connectivity index (χ0v) is 9.12. The maximum absolute atomic E-state index is 13.3. The van der Waals surface area contributed by atoms with Gasteiger partial charge in [0.25, 0.3) is 0 Å². The average Bonchev–Trinajstić information content (AvgIpc) is 2.68. The Morgan fingerprint density at radius 1 is 1.47 bits per heavy atom. The van der Waals surface area contributed by atoms with Crippen molar-refractivity contribution < 1.29 is 13.6 Å². The van der Waals surface area contributed by atoms with E-state index in [1.165, 1.54) is 11.0 Å². The summed E-state index contributed by atoms with van der Waals surface area (Å²) in [5.74, 6) is -2.27. The van der Waals surface area contributed by atoms with Crippen molar-refractivity contribution in [1.82, 2.24) is 0 Å². The largest absolute Gasteiger partial charge is 0.395 e. The topological polar surface area (TPSA) is 46.3 Å². The molecule has 1 unspecified atom stereocenters. The molecule has 1 amide bonds. The average molecular weight is 238 g/mol. The normalized spacial score (nSPS) is 19.8. The zero-order chi connectivity index (χ0) is 12.6. The highest BCUT2D eigenvalue weighted by Crippen LogP contribution is 2.32. The van der Waals surface area contributed by atoms with Gasteiger partial charge >= 0.3 is 0 Å². The van der Waals surface area contributed by atoms with Crippen molar-refractivity contribution in [2.45, 2.75) is 6.42 Å². The number of halogens is 2. The van der Waals surface area contributed by atoms with Gasteiger partial charge in [-0.1, -0.05) is 6.08 Å². The van der Waals surface area contributed by atoms with E-state index in [-0.39, 0.29) is 23.2 Å². The van der Waals surface area contributed by atoms with E-state index in [0.717, 1.165) is 6.07 Å². The third kappa shape index (κ3) is 1.88. The van der Waals surface area contributed by atoms with Gasteiger partial charge in [0.2, 0.25) is 5.91 Å². The number of anilines is 2. The summed E-state index contributed by atoms with van der Waals surface area (Å²) >= 11 is 0. The monoisotopic (exact) mass is 238 g/mol. The van der Waals surface area contributed by atoms with Crippen LogP contribution < -0.4 is 10.6 Å². The van der Waals surface area contributed by atoms with Crippen LogP contribution in [0.15, 0.2) is 24.8 Å². The molecule has 0 aliphatic carbocycles. The molecular weight excluding hydrogens is 226 g/mol. The van der Waals surface area contributed by atoms with Crippen molar-refractivity contribution in [3.05, 3.63) is 36.4 Å². The SMILES string of the molecule is C=CC1CC(=O)N(c2ccc(F)c(F)c2N)C1. The minimum Gasteiger partial charge on any atom is -0.395 e. The Labute approximate surface area is 97.5 Å². The molecule has 2 N–H and O–H groups in total. The van der Waals surface area contributed by atoms with Gasteiger partial charge in [-0.05, 0) is 12.1 Å². The van der Waals surface area contributed by atoms with E-state index in [9.17, 15) is 13.6 Å². The molecule has 0 spiro atoms. The maximum Gasteiger partial charge on any atom is 0.227 e. The number of amides is 1. The number of rotatable bonds is 2. The Balaban J connectivity index is 2.39. The highest BCUT2D eigenvalue weighted by atomic mass is 19.2. The van der Waals surface area contributed by atoms with Gasteiger partial charge in [0, 0.05) is 18.9 Å². The van der Waals surface area contributed by atoms with Crippen molar-refractivity contribution in [2.24, 2.45) is 5.92 Å². The number of nitrogens with zero attached hydrogens (tertiary/aromatic N) is 1. The van der Waals surface area contributed by atoms with E-state index >= 15 is 0 Å². The summed E-state index contributed by atoms with van der Waals surface area (Å²) in [6.45, 7) is 4.02. The molecule has 5 heteroatoms.